The third-order valence-corrected chi connectivity index (χ3v) is 0.500. The van der Waals surface area contributed by atoms with Crippen LogP contribution in [0.4, 0.5) is 0 Å². The Morgan fingerprint density at radius 2 is 0.450 bits per heavy atom. The summed E-state index contributed by atoms with van der Waals surface area (Å²) in [7, 11) is 7.67. The van der Waals surface area contributed by atoms with E-state index in [4.69, 9.17) is 0 Å². The molecule has 0 aromatic heterocycles. The van der Waals surface area contributed by atoms with Crippen molar-refractivity contribution in [2.75, 3.05) is 0 Å². The normalized spacial score (nSPS) is 3.60. The molecule has 132 valence electrons. The minimum absolute atomic E-state index is 1.32. The summed E-state index contributed by atoms with van der Waals surface area (Å²) >= 11 is 11.7. The quantitative estimate of drug-likeness (QED) is 0.404. The maximum absolute atomic E-state index is 3.89. The standard InChI is InChI=1S/C4H10.5C2H6.3HPS/c1-3-4-2;8*1-2/h3-4H2,1-2H3;5*1-2H3;3*1H. The van der Waals surface area contributed by atoms with Crippen LogP contribution < -0.4 is 0 Å². The van der Waals surface area contributed by atoms with Crippen molar-refractivity contribution in [2.45, 2.75) is 95.9 Å². The number of hydrogen-bond donors (Lipinski definition) is 0. The molecule has 0 saturated heterocycles. The summed E-state index contributed by atoms with van der Waals surface area (Å²) in [5, 5.41) is 0. The van der Waals surface area contributed by atoms with Crippen molar-refractivity contribution in [3.8, 4) is 0 Å². The van der Waals surface area contributed by atoms with Gasteiger partial charge in [-0.05, 0) is 24.0 Å². The van der Waals surface area contributed by atoms with Crippen LogP contribution in [-0.4, -0.2) is 0 Å². The summed E-state index contributed by atoms with van der Waals surface area (Å²) in [6.45, 7) is 24.4. The molecule has 0 aromatic rings. The summed E-state index contributed by atoms with van der Waals surface area (Å²) in [5.41, 5.74) is 0. The highest BCUT2D eigenvalue weighted by Gasteiger charge is 1.56. The van der Waals surface area contributed by atoms with Gasteiger partial charge in [0.1, 0.15) is 0 Å². The molecule has 0 atom stereocenters. The molecule has 0 saturated carbocycles. The molecule has 0 amide bonds. The van der Waals surface area contributed by atoms with Gasteiger partial charge in [0.05, 0.1) is 0 Å². The molecule has 0 aromatic carbocycles. The van der Waals surface area contributed by atoms with Crippen molar-refractivity contribution in [1.82, 2.24) is 0 Å². The fraction of sp³-hybridized carbons (Fsp3) is 1.00. The van der Waals surface area contributed by atoms with Crippen LogP contribution in [-0.2, 0) is 35.4 Å². The molecule has 0 heterocycles. The second-order valence-corrected chi connectivity index (χ2v) is 1.000. The third-order valence-electron chi connectivity index (χ3n) is 0.500. The Balaban J connectivity index is -0.00000000993. The average Bonchev–Trinajstić information content (AvgIpc) is 2.68. The molecular weight excluding hydrogens is 357 g/mol. The smallest absolute Gasteiger partial charge is 0.0437 e. The van der Waals surface area contributed by atoms with Crippen LogP contribution in [0.5, 0.6) is 0 Å². The zero-order valence-electron chi connectivity index (χ0n) is 16.1. The largest absolute Gasteiger partial charge is 0.0683 e. The van der Waals surface area contributed by atoms with Crippen molar-refractivity contribution in [2.24, 2.45) is 0 Å². The van der Waals surface area contributed by atoms with Gasteiger partial charge in [0.25, 0.3) is 0 Å². The van der Waals surface area contributed by atoms with Gasteiger partial charge in [0.15, 0.2) is 0 Å². The molecule has 0 aliphatic rings. The van der Waals surface area contributed by atoms with Crippen LogP contribution in [0.15, 0.2) is 0 Å². The Kier molecular flexibility index (Phi) is 1790. The molecule has 0 unspecified atom stereocenters. The van der Waals surface area contributed by atoms with Crippen LogP contribution in [0.3, 0.4) is 0 Å². The summed E-state index contributed by atoms with van der Waals surface area (Å²) < 4.78 is 0. The molecule has 0 fully saturated rings. The van der Waals surface area contributed by atoms with Crippen molar-refractivity contribution < 1.29 is 0 Å². The van der Waals surface area contributed by atoms with Crippen molar-refractivity contribution in [3.63, 3.8) is 0 Å². The van der Waals surface area contributed by atoms with Crippen LogP contribution in [0.25, 0.3) is 0 Å². The SMILES string of the molecule is CC.CC.CC.CC.CC.CCCC.P=S.P=S.P=S. The fourth-order valence-corrected chi connectivity index (χ4v) is 0. The van der Waals surface area contributed by atoms with Gasteiger partial charge in [0.2, 0.25) is 0 Å². The Morgan fingerprint density at radius 1 is 0.400 bits per heavy atom. The van der Waals surface area contributed by atoms with Gasteiger partial charge in [-0.15, -0.1) is 0 Å². The molecule has 6 heteroatoms. The van der Waals surface area contributed by atoms with Gasteiger partial charge >= 0.3 is 0 Å². The second-order valence-electron chi connectivity index (χ2n) is 1.000. The van der Waals surface area contributed by atoms with Crippen LogP contribution >= 0.6 is 24.0 Å². The molecule has 0 radical (unpaired) electrons. The average molecular weight is 401 g/mol. The van der Waals surface area contributed by atoms with E-state index >= 15 is 0 Å². The van der Waals surface area contributed by atoms with Crippen LogP contribution in [0.1, 0.15) is 95.9 Å². The third kappa shape index (κ3) is 1030. The number of hydrogen-bond acceptors (Lipinski definition) is 3. The van der Waals surface area contributed by atoms with Crippen LogP contribution in [0.2, 0.25) is 0 Å². The first-order valence-corrected chi connectivity index (χ1v) is 12.4. The van der Waals surface area contributed by atoms with Gasteiger partial charge in [-0.2, -0.15) is 0 Å². The molecule has 0 aliphatic carbocycles. The van der Waals surface area contributed by atoms with Crippen molar-refractivity contribution in [3.05, 3.63) is 0 Å². The maximum atomic E-state index is 3.89. The monoisotopic (exact) mass is 400 g/mol. The molecule has 0 bridgehead atoms. The Bertz CT molecular complexity index is 40.1. The zero-order chi connectivity index (χ0) is 19.4. The first kappa shape index (κ1) is 57.8. The van der Waals surface area contributed by atoms with Gasteiger partial charge in [-0.3, -0.25) is 0 Å². The number of unbranched alkanes of at least 4 members (excludes halogenated alkanes) is 1. The molecule has 20 heavy (non-hydrogen) atoms. The highest BCUT2D eigenvalue weighted by molar-refractivity contribution is 7.89. The lowest BCUT2D eigenvalue weighted by atomic mass is 10.4. The molecule has 0 aliphatic heterocycles. The molecular formula is C14H43P3S3. The highest BCUT2D eigenvalue weighted by atomic mass is 32.4. The van der Waals surface area contributed by atoms with E-state index < -0.39 is 0 Å². The maximum Gasteiger partial charge on any atom is -0.0437 e. The fourth-order valence-electron chi connectivity index (χ4n) is 0. The zero-order valence-corrected chi connectivity index (χ0v) is 21.6. The first-order valence-electron chi connectivity index (χ1n) is 7.53. The van der Waals surface area contributed by atoms with E-state index in [0.717, 1.165) is 0 Å². The second kappa shape index (κ2) is 621. The van der Waals surface area contributed by atoms with Gasteiger partial charge in [-0.1, -0.05) is 131 Å². The van der Waals surface area contributed by atoms with Crippen molar-refractivity contribution in [1.29, 1.82) is 0 Å². The molecule has 0 nitrogen and oxygen atoms in total. The summed E-state index contributed by atoms with van der Waals surface area (Å²) in [6, 6.07) is 0. The highest BCUT2D eigenvalue weighted by Crippen LogP contribution is 1.76. The van der Waals surface area contributed by atoms with E-state index in [1.165, 1.54) is 12.8 Å². The van der Waals surface area contributed by atoms with E-state index in [1.54, 1.807) is 0 Å². The van der Waals surface area contributed by atoms with E-state index in [2.05, 4.69) is 73.3 Å². The lowest BCUT2D eigenvalue weighted by molar-refractivity contribution is 0.886. The van der Waals surface area contributed by atoms with E-state index in [9.17, 15) is 0 Å². The van der Waals surface area contributed by atoms with Gasteiger partial charge < -0.3 is 0 Å². The van der Waals surface area contributed by atoms with Crippen LogP contribution in [0, 0.1) is 0 Å². The Hall–Kier alpha value is 1.56. The Morgan fingerprint density at radius 3 is 0.450 bits per heavy atom. The van der Waals surface area contributed by atoms with Gasteiger partial charge in [0, 0.05) is 0 Å². The van der Waals surface area contributed by atoms with Crippen molar-refractivity contribution >= 4 is 59.5 Å². The van der Waals surface area contributed by atoms with Gasteiger partial charge in [-0.25, -0.2) is 0 Å². The lowest BCUT2D eigenvalue weighted by Crippen LogP contribution is -1.47. The summed E-state index contributed by atoms with van der Waals surface area (Å²) in [6.07, 6.45) is 2.64. The lowest BCUT2D eigenvalue weighted by Gasteiger charge is -1.68. The predicted octanol–water partition coefficient (Wildman–Crippen LogP) is 8.71. The Labute approximate surface area is 155 Å². The number of rotatable bonds is 1. The molecule has 0 spiro atoms. The molecule has 0 N–H and O–H groups in total. The molecule has 0 rings (SSSR count). The summed E-state index contributed by atoms with van der Waals surface area (Å²) in [4.78, 5) is 0. The topological polar surface area (TPSA) is 0 Å². The van der Waals surface area contributed by atoms with E-state index in [-0.39, 0.29) is 0 Å². The summed E-state index contributed by atoms with van der Waals surface area (Å²) in [5.74, 6) is 0. The minimum Gasteiger partial charge on any atom is -0.0683 e. The first-order chi connectivity index (χ1) is 9.91. The predicted molar refractivity (Wildman–Crippen MR) is 124 cm³/mol. The van der Waals surface area contributed by atoms with E-state index in [0.29, 0.717) is 0 Å². The van der Waals surface area contributed by atoms with E-state index in [1.807, 2.05) is 69.2 Å². The minimum atomic E-state index is 1.32.